The summed E-state index contributed by atoms with van der Waals surface area (Å²) in [6, 6.07) is 6.44. The van der Waals surface area contributed by atoms with Gasteiger partial charge in [-0.2, -0.15) is 15.5 Å². The Morgan fingerprint density at radius 3 is 2.83 bits per heavy atom. The number of nitrogens with zero attached hydrogens (tertiary/aromatic N) is 7. The maximum atomic E-state index is 14.3. The summed E-state index contributed by atoms with van der Waals surface area (Å²) in [5, 5.41) is 20.0. The zero-order valence-electron chi connectivity index (χ0n) is 16.3. The SMILES string of the molecule is Cc1nc2c(C#N)cnn2c(C)c1CCC(=O)Nc1ccc(-n2cncn2)c(F)c1. The highest BCUT2D eigenvalue weighted by Gasteiger charge is 2.15. The maximum Gasteiger partial charge on any atom is 0.224 e. The third-order valence-electron chi connectivity index (χ3n) is 4.83. The molecule has 0 unspecified atom stereocenters. The Morgan fingerprint density at radius 2 is 2.13 bits per heavy atom. The molecule has 0 fully saturated rings. The Bertz CT molecular complexity index is 1290. The number of carbonyl (C=O) groups is 1. The van der Waals surface area contributed by atoms with Gasteiger partial charge < -0.3 is 5.32 Å². The average Bonchev–Trinajstić information content (AvgIpc) is 3.37. The lowest BCUT2D eigenvalue weighted by molar-refractivity contribution is -0.116. The van der Waals surface area contributed by atoms with Crippen molar-refractivity contribution in [1.29, 1.82) is 5.26 Å². The van der Waals surface area contributed by atoms with Crippen LogP contribution in [0.5, 0.6) is 0 Å². The van der Waals surface area contributed by atoms with E-state index >= 15 is 0 Å². The van der Waals surface area contributed by atoms with Gasteiger partial charge in [0.15, 0.2) is 11.5 Å². The smallest absolute Gasteiger partial charge is 0.224 e. The lowest BCUT2D eigenvalue weighted by atomic mass is 10.1. The van der Waals surface area contributed by atoms with E-state index in [0.29, 0.717) is 23.3 Å². The number of aryl methyl sites for hydroxylation is 2. The van der Waals surface area contributed by atoms with Crippen LogP contribution in [0.4, 0.5) is 10.1 Å². The molecule has 10 heteroatoms. The quantitative estimate of drug-likeness (QED) is 0.547. The molecule has 9 nitrogen and oxygen atoms in total. The number of halogens is 1. The summed E-state index contributed by atoms with van der Waals surface area (Å²) in [5.74, 6) is -0.772. The third kappa shape index (κ3) is 3.48. The Balaban J connectivity index is 1.47. The highest BCUT2D eigenvalue weighted by atomic mass is 19.1. The normalized spacial score (nSPS) is 10.9. The summed E-state index contributed by atoms with van der Waals surface area (Å²) >= 11 is 0. The van der Waals surface area contributed by atoms with Crippen LogP contribution in [-0.4, -0.2) is 35.3 Å². The molecule has 0 atom stereocenters. The first kappa shape index (κ1) is 19.2. The van der Waals surface area contributed by atoms with E-state index in [1.54, 1.807) is 10.6 Å². The largest absolute Gasteiger partial charge is 0.326 e. The number of hydrogen-bond acceptors (Lipinski definition) is 6. The van der Waals surface area contributed by atoms with E-state index in [1.807, 2.05) is 13.8 Å². The first-order chi connectivity index (χ1) is 14.5. The van der Waals surface area contributed by atoms with Gasteiger partial charge in [0.25, 0.3) is 0 Å². The van der Waals surface area contributed by atoms with Crippen molar-refractivity contribution in [1.82, 2.24) is 29.4 Å². The minimum Gasteiger partial charge on any atom is -0.326 e. The van der Waals surface area contributed by atoms with Gasteiger partial charge in [-0.25, -0.2) is 23.6 Å². The van der Waals surface area contributed by atoms with Crippen molar-refractivity contribution < 1.29 is 9.18 Å². The van der Waals surface area contributed by atoms with E-state index in [4.69, 9.17) is 5.26 Å². The lowest BCUT2D eigenvalue weighted by Gasteiger charge is -2.12. The molecular formula is C20H17FN8O. The summed E-state index contributed by atoms with van der Waals surface area (Å²) < 4.78 is 17.2. The fraction of sp³-hybridized carbons (Fsp3) is 0.200. The van der Waals surface area contributed by atoms with Gasteiger partial charge in [-0.05, 0) is 44.0 Å². The molecule has 30 heavy (non-hydrogen) atoms. The highest BCUT2D eigenvalue weighted by Crippen LogP contribution is 2.20. The maximum absolute atomic E-state index is 14.3. The van der Waals surface area contributed by atoms with Crippen molar-refractivity contribution in [3.8, 4) is 11.8 Å². The zero-order valence-corrected chi connectivity index (χ0v) is 16.3. The standard InChI is InChI=1S/C20H17FN8O/c1-12-16(13(2)29-20(26-12)14(8-22)9-24-29)4-6-19(30)27-15-3-5-18(17(21)7-15)28-11-23-10-25-28/h3,5,7,9-11H,4,6H2,1-2H3,(H,27,30). The second-order valence-electron chi connectivity index (χ2n) is 6.72. The number of aromatic nitrogens is 6. The van der Waals surface area contributed by atoms with Crippen LogP contribution in [0.3, 0.4) is 0 Å². The fourth-order valence-electron chi connectivity index (χ4n) is 3.32. The second-order valence-corrected chi connectivity index (χ2v) is 6.72. The molecule has 4 aromatic rings. The molecule has 0 aliphatic carbocycles. The molecule has 1 N–H and O–H groups in total. The monoisotopic (exact) mass is 404 g/mol. The van der Waals surface area contributed by atoms with Gasteiger partial charge in [0, 0.05) is 23.5 Å². The van der Waals surface area contributed by atoms with Crippen molar-refractivity contribution in [2.24, 2.45) is 0 Å². The van der Waals surface area contributed by atoms with Crippen LogP contribution in [0.1, 0.15) is 28.9 Å². The summed E-state index contributed by atoms with van der Waals surface area (Å²) in [5.41, 5.74) is 3.97. The van der Waals surface area contributed by atoms with Gasteiger partial charge in [-0.1, -0.05) is 0 Å². The Kier molecular flexibility index (Phi) is 4.93. The van der Waals surface area contributed by atoms with Crippen LogP contribution in [-0.2, 0) is 11.2 Å². The molecule has 0 aliphatic rings. The van der Waals surface area contributed by atoms with E-state index < -0.39 is 5.82 Å². The summed E-state index contributed by atoms with van der Waals surface area (Å²) in [6.07, 6.45) is 4.81. The number of anilines is 1. The summed E-state index contributed by atoms with van der Waals surface area (Å²) in [7, 11) is 0. The first-order valence-electron chi connectivity index (χ1n) is 9.16. The molecular weight excluding hydrogens is 387 g/mol. The van der Waals surface area contributed by atoms with Crippen LogP contribution in [0.25, 0.3) is 11.3 Å². The molecule has 0 spiro atoms. The lowest BCUT2D eigenvalue weighted by Crippen LogP contribution is -2.14. The number of nitrogens with one attached hydrogen (secondary N) is 1. The Hall–Kier alpha value is -4.13. The molecule has 0 radical (unpaired) electrons. The van der Waals surface area contributed by atoms with Crippen molar-refractivity contribution in [2.45, 2.75) is 26.7 Å². The third-order valence-corrected chi connectivity index (χ3v) is 4.83. The molecule has 0 saturated heterocycles. The van der Waals surface area contributed by atoms with Crippen molar-refractivity contribution in [3.63, 3.8) is 0 Å². The fourth-order valence-corrected chi connectivity index (χ4v) is 3.32. The Morgan fingerprint density at radius 1 is 1.30 bits per heavy atom. The van der Waals surface area contributed by atoms with Gasteiger partial charge in [-0.15, -0.1) is 0 Å². The van der Waals surface area contributed by atoms with E-state index in [2.05, 4.69) is 31.6 Å². The molecule has 1 amide bonds. The number of hydrogen-bond donors (Lipinski definition) is 1. The second kappa shape index (κ2) is 7.71. The van der Waals surface area contributed by atoms with Crippen LogP contribution in [0.2, 0.25) is 0 Å². The van der Waals surface area contributed by atoms with E-state index in [0.717, 1.165) is 17.0 Å². The Labute approximate surface area is 170 Å². The van der Waals surface area contributed by atoms with Gasteiger partial charge in [0.2, 0.25) is 5.91 Å². The number of fused-ring (bicyclic) bond motifs is 1. The van der Waals surface area contributed by atoms with E-state index in [-0.39, 0.29) is 18.0 Å². The van der Waals surface area contributed by atoms with Gasteiger partial charge in [-0.3, -0.25) is 4.79 Å². The number of rotatable bonds is 5. The van der Waals surface area contributed by atoms with Crippen LogP contribution in [0.15, 0.2) is 37.1 Å². The van der Waals surface area contributed by atoms with Gasteiger partial charge in [0.1, 0.15) is 30.0 Å². The minimum absolute atomic E-state index is 0.188. The first-order valence-corrected chi connectivity index (χ1v) is 9.16. The summed E-state index contributed by atoms with van der Waals surface area (Å²) in [6.45, 7) is 3.72. The molecule has 3 heterocycles. The van der Waals surface area contributed by atoms with Crippen molar-refractivity contribution in [2.75, 3.05) is 5.32 Å². The summed E-state index contributed by atoms with van der Waals surface area (Å²) in [4.78, 5) is 20.6. The molecule has 1 aromatic carbocycles. The molecule has 150 valence electrons. The number of nitriles is 1. The van der Waals surface area contributed by atoms with Crippen LogP contribution in [0, 0.1) is 31.0 Å². The topological polar surface area (TPSA) is 114 Å². The van der Waals surface area contributed by atoms with Crippen LogP contribution >= 0.6 is 0 Å². The minimum atomic E-state index is -0.522. The average molecular weight is 404 g/mol. The van der Waals surface area contributed by atoms with Crippen molar-refractivity contribution >= 4 is 17.2 Å². The predicted molar refractivity (Wildman–Crippen MR) is 105 cm³/mol. The van der Waals surface area contributed by atoms with Crippen molar-refractivity contribution in [3.05, 3.63) is 65.4 Å². The highest BCUT2D eigenvalue weighted by molar-refractivity contribution is 5.91. The number of amides is 1. The molecule has 4 rings (SSSR count). The van der Waals surface area contributed by atoms with E-state index in [9.17, 15) is 9.18 Å². The number of carbonyl (C=O) groups excluding carboxylic acids is 1. The van der Waals surface area contributed by atoms with Gasteiger partial charge >= 0.3 is 0 Å². The zero-order chi connectivity index (χ0) is 21.3. The molecule has 0 aliphatic heterocycles. The molecule has 0 bridgehead atoms. The van der Waals surface area contributed by atoms with E-state index in [1.165, 1.54) is 35.7 Å². The predicted octanol–water partition coefficient (Wildman–Crippen LogP) is 2.51. The van der Waals surface area contributed by atoms with Gasteiger partial charge in [0.05, 0.1) is 6.20 Å². The number of benzene rings is 1. The molecule has 0 saturated carbocycles. The van der Waals surface area contributed by atoms with Crippen LogP contribution < -0.4 is 5.32 Å². The molecule has 3 aromatic heterocycles.